The number of carbonyl (C=O) groups excluding carboxylic acids is 1. The fourth-order valence-corrected chi connectivity index (χ4v) is 2.36. The normalized spacial score (nSPS) is 17.6. The van der Waals surface area contributed by atoms with Gasteiger partial charge in [0.15, 0.2) is 11.5 Å². The number of nitrogens with one attached hydrogen (secondary N) is 1. The van der Waals surface area contributed by atoms with Crippen LogP contribution in [0.25, 0.3) is 0 Å². The van der Waals surface area contributed by atoms with Crippen LogP contribution in [0.15, 0.2) is 48.5 Å². The molecule has 22 heavy (non-hydrogen) atoms. The lowest BCUT2D eigenvalue weighted by atomic mass is 10.1. The summed E-state index contributed by atoms with van der Waals surface area (Å²) in [4.78, 5) is 12.3. The number of halogens is 1. The van der Waals surface area contributed by atoms with Crippen molar-refractivity contribution in [2.75, 3.05) is 6.61 Å². The van der Waals surface area contributed by atoms with Gasteiger partial charge in [0, 0.05) is 5.56 Å². The molecule has 0 spiro atoms. The lowest BCUT2D eigenvalue weighted by Crippen LogP contribution is -2.44. The number of fused-ring (bicyclic) bond motifs is 1. The van der Waals surface area contributed by atoms with Gasteiger partial charge in [-0.2, -0.15) is 0 Å². The second-order valence-corrected chi connectivity index (χ2v) is 5.12. The van der Waals surface area contributed by atoms with Crippen molar-refractivity contribution in [1.29, 1.82) is 0 Å². The minimum absolute atomic E-state index is 0.132. The number of amides is 1. The fraction of sp³-hybridized carbons (Fsp3) is 0.235. The molecule has 1 aliphatic rings. The molecule has 0 unspecified atom stereocenters. The predicted octanol–water partition coefficient (Wildman–Crippen LogP) is 2.84. The Balaban J connectivity index is 1.67. The zero-order chi connectivity index (χ0) is 15.5. The van der Waals surface area contributed by atoms with Crippen LogP contribution in [0.1, 0.15) is 18.5 Å². The van der Waals surface area contributed by atoms with E-state index in [4.69, 9.17) is 9.47 Å². The van der Waals surface area contributed by atoms with Gasteiger partial charge in [-0.25, -0.2) is 4.39 Å². The number of para-hydroxylation sites is 2. The highest BCUT2D eigenvalue weighted by Crippen LogP contribution is 2.31. The van der Waals surface area contributed by atoms with Gasteiger partial charge in [-0.15, -0.1) is 0 Å². The van der Waals surface area contributed by atoms with E-state index < -0.39 is 12.1 Å². The van der Waals surface area contributed by atoms with Crippen LogP contribution < -0.4 is 14.8 Å². The maximum atomic E-state index is 13.7. The third-order valence-electron chi connectivity index (χ3n) is 3.53. The Bertz CT molecular complexity index is 689. The summed E-state index contributed by atoms with van der Waals surface area (Å²) in [6.45, 7) is 1.86. The molecule has 114 valence electrons. The van der Waals surface area contributed by atoms with Gasteiger partial charge in [-0.05, 0) is 25.1 Å². The second kappa shape index (κ2) is 6.05. The van der Waals surface area contributed by atoms with Gasteiger partial charge in [-0.1, -0.05) is 30.3 Å². The number of carbonyl (C=O) groups is 1. The van der Waals surface area contributed by atoms with E-state index in [1.807, 2.05) is 12.1 Å². The highest BCUT2D eigenvalue weighted by atomic mass is 19.1. The van der Waals surface area contributed by atoms with Crippen LogP contribution in [-0.2, 0) is 4.79 Å². The van der Waals surface area contributed by atoms with E-state index >= 15 is 0 Å². The molecule has 1 amide bonds. The number of ether oxygens (including phenoxy) is 2. The Hall–Kier alpha value is -2.56. The molecule has 2 aromatic rings. The molecule has 0 bridgehead atoms. The first-order chi connectivity index (χ1) is 10.6. The molecule has 3 rings (SSSR count). The van der Waals surface area contributed by atoms with Gasteiger partial charge in [-0.3, -0.25) is 4.79 Å². The summed E-state index contributed by atoms with van der Waals surface area (Å²) in [5.41, 5.74) is 0.438. The van der Waals surface area contributed by atoms with E-state index in [1.54, 1.807) is 37.3 Å². The van der Waals surface area contributed by atoms with Crippen molar-refractivity contribution < 1.29 is 18.7 Å². The maximum absolute atomic E-state index is 13.7. The molecule has 1 aliphatic heterocycles. The summed E-state index contributed by atoms with van der Waals surface area (Å²) >= 11 is 0. The van der Waals surface area contributed by atoms with Crippen molar-refractivity contribution in [3.8, 4) is 11.5 Å². The van der Waals surface area contributed by atoms with Crippen molar-refractivity contribution in [2.45, 2.75) is 19.1 Å². The van der Waals surface area contributed by atoms with Crippen molar-refractivity contribution in [3.63, 3.8) is 0 Å². The van der Waals surface area contributed by atoms with Gasteiger partial charge < -0.3 is 14.8 Å². The molecule has 1 heterocycles. The Morgan fingerprint density at radius 2 is 1.86 bits per heavy atom. The van der Waals surface area contributed by atoms with Crippen LogP contribution in [0, 0.1) is 5.82 Å². The zero-order valence-corrected chi connectivity index (χ0v) is 12.1. The van der Waals surface area contributed by atoms with Gasteiger partial charge in [0.25, 0.3) is 5.91 Å². The summed E-state index contributed by atoms with van der Waals surface area (Å²) in [5, 5.41) is 2.75. The third-order valence-corrected chi connectivity index (χ3v) is 3.53. The first kappa shape index (κ1) is 14.4. The quantitative estimate of drug-likeness (QED) is 0.948. The number of rotatable bonds is 3. The minimum atomic E-state index is -0.746. The average molecular weight is 301 g/mol. The van der Waals surface area contributed by atoms with Crippen LogP contribution in [0.5, 0.6) is 11.5 Å². The molecule has 4 nitrogen and oxygen atoms in total. The topological polar surface area (TPSA) is 47.6 Å². The molecule has 0 fully saturated rings. The Labute approximate surface area is 127 Å². The smallest absolute Gasteiger partial charge is 0.265 e. The van der Waals surface area contributed by atoms with Crippen LogP contribution in [0.2, 0.25) is 0 Å². The maximum Gasteiger partial charge on any atom is 0.265 e. The van der Waals surface area contributed by atoms with Gasteiger partial charge in [0.05, 0.1) is 6.04 Å². The number of hydrogen-bond acceptors (Lipinski definition) is 3. The Morgan fingerprint density at radius 1 is 1.18 bits per heavy atom. The zero-order valence-electron chi connectivity index (χ0n) is 12.1. The monoisotopic (exact) mass is 301 g/mol. The van der Waals surface area contributed by atoms with Crippen molar-refractivity contribution in [3.05, 3.63) is 59.9 Å². The van der Waals surface area contributed by atoms with Crippen LogP contribution in [0.4, 0.5) is 4.39 Å². The first-order valence-electron chi connectivity index (χ1n) is 7.08. The summed E-state index contributed by atoms with van der Waals surface area (Å²) in [6.07, 6.45) is -0.746. The Kier molecular flexibility index (Phi) is 3.96. The minimum Gasteiger partial charge on any atom is -0.485 e. The summed E-state index contributed by atoms with van der Waals surface area (Å²) in [6, 6.07) is 13.1. The lowest BCUT2D eigenvalue weighted by molar-refractivity contribution is -0.131. The van der Waals surface area contributed by atoms with Crippen molar-refractivity contribution in [2.24, 2.45) is 0 Å². The van der Waals surface area contributed by atoms with Gasteiger partial charge in [0.1, 0.15) is 12.4 Å². The molecular weight excluding hydrogens is 285 g/mol. The van der Waals surface area contributed by atoms with Gasteiger partial charge >= 0.3 is 0 Å². The molecular formula is C17H16FNO3. The fourth-order valence-electron chi connectivity index (χ4n) is 2.36. The van der Waals surface area contributed by atoms with E-state index in [0.717, 1.165) is 0 Å². The van der Waals surface area contributed by atoms with E-state index in [9.17, 15) is 9.18 Å². The Morgan fingerprint density at radius 3 is 2.64 bits per heavy atom. The molecule has 0 radical (unpaired) electrons. The molecule has 2 aromatic carbocycles. The number of hydrogen-bond donors (Lipinski definition) is 1. The van der Waals surface area contributed by atoms with Crippen LogP contribution >= 0.6 is 0 Å². The predicted molar refractivity (Wildman–Crippen MR) is 79.3 cm³/mol. The molecule has 2 atom stereocenters. The molecule has 5 heteroatoms. The van der Waals surface area contributed by atoms with E-state index in [-0.39, 0.29) is 18.3 Å². The molecule has 0 aliphatic carbocycles. The van der Waals surface area contributed by atoms with E-state index in [0.29, 0.717) is 17.1 Å². The van der Waals surface area contributed by atoms with Gasteiger partial charge in [0.2, 0.25) is 6.10 Å². The molecule has 1 N–H and O–H groups in total. The number of benzene rings is 2. The molecule has 0 saturated carbocycles. The third kappa shape index (κ3) is 2.88. The standard InChI is InChI=1S/C17H16FNO3/c1-11(12-6-2-3-7-13(12)18)19-17(20)16-10-21-14-8-4-5-9-15(14)22-16/h2-9,11,16H,10H2,1H3,(H,19,20)/t11-,16-/m0/s1. The SMILES string of the molecule is C[C@H](NC(=O)[C@@H]1COc2ccccc2O1)c1ccccc1F. The molecule has 0 saturated heterocycles. The second-order valence-electron chi connectivity index (χ2n) is 5.12. The van der Waals surface area contributed by atoms with E-state index in [2.05, 4.69) is 5.32 Å². The largest absolute Gasteiger partial charge is 0.485 e. The van der Waals surface area contributed by atoms with E-state index in [1.165, 1.54) is 6.07 Å². The van der Waals surface area contributed by atoms with Crippen LogP contribution in [0.3, 0.4) is 0 Å². The highest BCUT2D eigenvalue weighted by molar-refractivity contribution is 5.82. The van der Waals surface area contributed by atoms with Crippen LogP contribution in [-0.4, -0.2) is 18.6 Å². The van der Waals surface area contributed by atoms with Crippen molar-refractivity contribution in [1.82, 2.24) is 5.32 Å². The molecule has 0 aromatic heterocycles. The highest BCUT2D eigenvalue weighted by Gasteiger charge is 2.28. The summed E-state index contributed by atoms with van der Waals surface area (Å²) < 4.78 is 24.9. The summed E-state index contributed by atoms with van der Waals surface area (Å²) in [5.74, 6) is 0.480. The van der Waals surface area contributed by atoms with Crippen molar-refractivity contribution >= 4 is 5.91 Å². The first-order valence-corrected chi connectivity index (χ1v) is 7.08. The summed E-state index contributed by atoms with van der Waals surface area (Å²) in [7, 11) is 0. The average Bonchev–Trinajstić information content (AvgIpc) is 2.54. The lowest BCUT2D eigenvalue weighted by Gasteiger charge is -2.26.